The van der Waals surface area contributed by atoms with Gasteiger partial charge in [0.05, 0.1) is 5.03 Å². The minimum atomic E-state index is 1.21. The average Bonchev–Trinajstić information content (AvgIpc) is 2.25. The summed E-state index contributed by atoms with van der Waals surface area (Å²) < 4.78 is 0. The van der Waals surface area contributed by atoms with E-state index in [4.69, 9.17) is 0 Å². The summed E-state index contributed by atoms with van der Waals surface area (Å²) in [5.74, 6) is 1.24. The summed E-state index contributed by atoms with van der Waals surface area (Å²) in [7, 11) is 0. The van der Waals surface area contributed by atoms with Crippen molar-refractivity contribution < 1.29 is 0 Å². The van der Waals surface area contributed by atoms with Crippen molar-refractivity contribution in [1.82, 2.24) is 0 Å². The van der Waals surface area contributed by atoms with E-state index in [0.717, 1.165) is 0 Å². The zero-order chi connectivity index (χ0) is 10.7. The molecule has 15 heavy (non-hydrogen) atoms. The van der Waals surface area contributed by atoms with E-state index >= 15 is 0 Å². The maximum absolute atomic E-state index is 3.54. The summed E-state index contributed by atoms with van der Waals surface area (Å²) in [6, 6.07) is 6.42. The Morgan fingerprint density at radius 1 is 1.20 bits per heavy atom. The summed E-state index contributed by atoms with van der Waals surface area (Å²) in [5, 5.41) is 4.86. The number of benzene rings is 1. The fraction of sp³-hybridized carbons (Fsp3) is 0.385. The summed E-state index contributed by atoms with van der Waals surface area (Å²) >= 11 is 1.93. The van der Waals surface area contributed by atoms with Gasteiger partial charge < -0.3 is 5.32 Å². The third-order valence-corrected chi connectivity index (χ3v) is 3.74. The lowest BCUT2D eigenvalue weighted by Gasteiger charge is -2.17. The molecule has 1 nitrogen and oxygen atoms in total. The van der Waals surface area contributed by atoms with Crippen molar-refractivity contribution in [3.63, 3.8) is 0 Å². The number of thioether (sulfide) groups is 1. The molecule has 0 unspecified atom stereocenters. The predicted octanol–water partition coefficient (Wildman–Crippen LogP) is 4.08. The van der Waals surface area contributed by atoms with Crippen LogP contribution in [0.1, 0.15) is 24.0 Å². The Bertz CT molecular complexity index is 362. The first-order chi connectivity index (χ1) is 7.27. The number of anilines is 1. The van der Waals surface area contributed by atoms with Crippen LogP contribution in [-0.2, 0) is 0 Å². The maximum atomic E-state index is 3.54. The Kier molecular flexibility index (Phi) is 3.37. The van der Waals surface area contributed by atoms with E-state index in [2.05, 4.69) is 43.4 Å². The van der Waals surface area contributed by atoms with Gasteiger partial charge in [-0.15, -0.1) is 11.8 Å². The first-order valence-corrected chi connectivity index (χ1v) is 6.42. The molecule has 1 aliphatic rings. The molecule has 2 rings (SSSR count). The van der Waals surface area contributed by atoms with Gasteiger partial charge in [-0.25, -0.2) is 0 Å². The fourth-order valence-corrected chi connectivity index (χ4v) is 2.72. The number of hydrogen-bond acceptors (Lipinski definition) is 2. The van der Waals surface area contributed by atoms with Gasteiger partial charge in [-0.2, -0.15) is 0 Å². The third kappa shape index (κ3) is 2.57. The molecule has 1 N–H and O–H groups in total. The van der Waals surface area contributed by atoms with E-state index in [0.29, 0.717) is 0 Å². The Balaban J connectivity index is 2.19. The molecule has 80 valence electrons. The molecule has 1 aromatic rings. The van der Waals surface area contributed by atoms with E-state index in [1.807, 2.05) is 11.8 Å². The molecule has 1 heterocycles. The number of nitrogens with one attached hydrogen (secondary N) is 1. The van der Waals surface area contributed by atoms with Gasteiger partial charge in [0.2, 0.25) is 0 Å². The van der Waals surface area contributed by atoms with Gasteiger partial charge in [0.15, 0.2) is 0 Å². The van der Waals surface area contributed by atoms with E-state index in [9.17, 15) is 0 Å². The zero-order valence-electron chi connectivity index (χ0n) is 9.34. The highest BCUT2D eigenvalue weighted by molar-refractivity contribution is 8.03. The molecular weight excluding hydrogens is 202 g/mol. The van der Waals surface area contributed by atoms with Crippen LogP contribution in [0.4, 0.5) is 5.69 Å². The Labute approximate surface area is 96.0 Å². The number of aryl methyl sites for hydroxylation is 2. The van der Waals surface area contributed by atoms with Crippen LogP contribution < -0.4 is 5.32 Å². The second-order valence-corrected chi connectivity index (χ2v) is 5.09. The number of hydrogen-bond donors (Lipinski definition) is 1. The smallest absolute Gasteiger partial charge is 0.0685 e. The molecule has 1 aliphatic heterocycles. The highest BCUT2D eigenvalue weighted by Gasteiger charge is 2.07. The Morgan fingerprint density at radius 2 is 1.93 bits per heavy atom. The summed E-state index contributed by atoms with van der Waals surface area (Å²) in [4.78, 5) is 0. The molecule has 0 bridgehead atoms. The Morgan fingerprint density at radius 3 is 2.53 bits per heavy atom. The van der Waals surface area contributed by atoms with Gasteiger partial charge in [0.25, 0.3) is 0 Å². The SMILES string of the molecule is Cc1cccc(C)c1NC1=CCCCS1. The van der Waals surface area contributed by atoms with E-state index in [1.165, 1.54) is 40.4 Å². The molecule has 0 spiro atoms. The summed E-state index contributed by atoms with van der Waals surface area (Å²) in [6.45, 7) is 4.31. The summed E-state index contributed by atoms with van der Waals surface area (Å²) in [5.41, 5.74) is 3.92. The van der Waals surface area contributed by atoms with Crippen molar-refractivity contribution in [2.24, 2.45) is 0 Å². The summed E-state index contributed by atoms with van der Waals surface area (Å²) in [6.07, 6.45) is 4.82. The highest BCUT2D eigenvalue weighted by atomic mass is 32.2. The van der Waals surface area contributed by atoms with Crippen LogP contribution in [0, 0.1) is 13.8 Å². The molecule has 0 fully saturated rings. The number of rotatable bonds is 2. The second kappa shape index (κ2) is 4.75. The normalized spacial score (nSPS) is 16.0. The molecule has 0 atom stereocenters. The first-order valence-electron chi connectivity index (χ1n) is 5.43. The van der Waals surface area contributed by atoms with Gasteiger partial charge in [-0.05, 0) is 43.6 Å². The van der Waals surface area contributed by atoms with Crippen molar-refractivity contribution in [3.8, 4) is 0 Å². The van der Waals surface area contributed by atoms with Gasteiger partial charge >= 0.3 is 0 Å². The van der Waals surface area contributed by atoms with Crippen LogP contribution in [0.5, 0.6) is 0 Å². The van der Waals surface area contributed by atoms with E-state index in [1.54, 1.807) is 0 Å². The molecule has 0 aliphatic carbocycles. The molecule has 1 aromatic carbocycles. The van der Waals surface area contributed by atoms with Crippen molar-refractivity contribution >= 4 is 17.4 Å². The molecule has 0 saturated carbocycles. The monoisotopic (exact) mass is 219 g/mol. The highest BCUT2D eigenvalue weighted by Crippen LogP contribution is 2.28. The van der Waals surface area contributed by atoms with Crippen LogP contribution in [0.25, 0.3) is 0 Å². The standard InChI is InChI=1S/C13H17NS/c1-10-6-5-7-11(2)13(10)14-12-8-3-4-9-15-12/h5-8,14H,3-4,9H2,1-2H3. The molecule has 2 heteroatoms. The van der Waals surface area contributed by atoms with Gasteiger partial charge in [-0.1, -0.05) is 24.3 Å². The Hall–Kier alpha value is -0.890. The third-order valence-electron chi connectivity index (χ3n) is 2.67. The number of allylic oxidation sites excluding steroid dienone is 1. The van der Waals surface area contributed by atoms with E-state index < -0.39 is 0 Å². The minimum absolute atomic E-state index is 1.21. The maximum Gasteiger partial charge on any atom is 0.0685 e. The minimum Gasteiger partial charge on any atom is -0.350 e. The predicted molar refractivity (Wildman–Crippen MR) is 69.3 cm³/mol. The molecule has 0 saturated heterocycles. The van der Waals surface area contributed by atoms with Crippen LogP contribution in [0.15, 0.2) is 29.3 Å². The van der Waals surface area contributed by atoms with Crippen molar-refractivity contribution in [1.29, 1.82) is 0 Å². The van der Waals surface area contributed by atoms with Gasteiger partial charge in [0, 0.05) is 5.69 Å². The largest absolute Gasteiger partial charge is 0.350 e. The van der Waals surface area contributed by atoms with E-state index in [-0.39, 0.29) is 0 Å². The first kappa shape index (κ1) is 10.6. The van der Waals surface area contributed by atoms with Crippen LogP contribution in [0.3, 0.4) is 0 Å². The topological polar surface area (TPSA) is 12.0 Å². The molecule has 0 aromatic heterocycles. The van der Waals surface area contributed by atoms with Crippen LogP contribution in [0.2, 0.25) is 0 Å². The van der Waals surface area contributed by atoms with Crippen molar-refractivity contribution in [3.05, 3.63) is 40.4 Å². The lowest BCUT2D eigenvalue weighted by Crippen LogP contribution is -2.03. The van der Waals surface area contributed by atoms with Gasteiger partial charge in [-0.3, -0.25) is 0 Å². The quantitative estimate of drug-likeness (QED) is 0.804. The molecular formula is C13H17NS. The zero-order valence-corrected chi connectivity index (χ0v) is 10.2. The van der Waals surface area contributed by atoms with Crippen LogP contribution in [-0.4, -0.2) is 5.75 Å². The average molecular weight is 219 g/mol. The van der Waals surface area contributed by atoms with Gasteiger partial charge in [0.1, 0.15) is 0 Å². The van der Waals surface area contributed by atoms with Crippen LogP contribution >= 0.6 is 11.8 Å². The molecule has 0 amide bonds. The fourth-order valence-electron chi connectivity index (χ4n) is 1.78. The lowest BCUT2D eigenvalue weighted by molar-refractivity contribution is 0.957. The van der Waals surface area contributed by atoms with Crippen molar-refractivity contribution in [2.75, 3.05) is 11.1 Å². The molecule has 0 radical (unpaired) electrons. The number of para-hydroxylation sites is 1. The van der Waals surface area contributed by atoms with Crippen molar-refractivity contribution in [2.45, 2.75) is 26.7 Å². The second-order valence-electron chi connectivity index (χ2n) is 3.95. The lowest BCUT2D eigenvalue weighted by atomic mass is 10.1.